The van der Waals surface area contributed by atoms with Crippen molar-refractivity contribution in [2.24, 2.45) is 11.8 Å². The van der Waals surface area contributed by atoms with Crippen LogP contribution in [0.3, 0.4) is 0 Å². The van der Waals surface area contributed by atoms with E-state index in [0.717, 1.165) is 5.56 Å². The minimum absolute atomic E-state index is 0.0665. The van der Waals surface area contributed by atoms with Gasteiger partial charge in [0.15, 0.2) is 0 Å². The van der Waals surface area contributed by atoms with Crippen molar-refractivity contribution in [3.05, 3.63) is 66.0 Å². The molecule has 0 radical (unpaired) electrons. The van der Waals surface area contributed by atoms with Crippen LogP contribution in [0.2, 0.25) is 0 Å². The van der Waals surface area contributed by atoms with Crippen LogP contribution in [-0.4, -0.2) is 53.8 Å². The topological polar surface area (TPSA) is 49.9 Å². The molecular weight excluding hydrogens is 469 g/mol. The molecule has 0 aromatic heterocycles. The van der Waals surface area contributed by atoms with Gasteiger partial charge in [0.05, 0.1) is 0 Å². The zero-order valence-corrected chi connectivity index (χ0v) is 20.5. The summed E-state index contributed by atoms with van der Waals surface area (Å²) in [7, 11) is 1.75. The zero-order chi connectivity index (χ0) is 25.7. The molecule has 2 fully saturated rings. The molecule has 8 heteroatoms. The minimum atomic E-state index is -2.69. The van der Waals surface area contributed by atoms with Gasteiger partial charge in [0.1, 0.15) is 17.7 Å². The number of benzene rings is 2. The van der Waals surface area contributed by atoms with Crippen LogP contribution in [0.25, 0.3) is 0 Å². The Balaban J connectivity index is 1.44. The van der Waals surface area contributed by atoms with E-state index in [4.69, 9.17) is 4.74 Å². The van der Waals surface area contributed by atoms with Gasteiger partial charge in [-0.05, 0) is 42.7 Å². The van der Waals surface area contributed by atoms with Crippen LogP contribution in [0.1, 0.15) is 44.1 Å². The zero-order valence-electron chi connectivity index (χ0n) is 20.5. The molecule has 2 atom stereocenters. The number of halogens is 3. The Morgan fingerprint density at radius 2 is 1.69 bits per heavy atom. The summed E-state index contributed by atoms with van der Waals surface area (Å²) < 4.78 is 46.7. The molecular formula is C28H33F3N2O3. The summed E-state index contributed by atoms with van der Waals surface area (Å²) in [4.78, 5) is 29.7. The molecule has 194 valence electrons. The molecule has 2 aromatic carbocycles. The second-order valence-corrected chi connectivity index (χ2v) is 10.0. The van der Waals surface area contributed by atoms with Crippen LogP contribution in [0.5, 0.6) is 5.75 Å². The standard InChI is InChI=1S/C28H33F3N2O3/c1-32(18-20-5-3-2-4-6-20)26(34)17-22-19-33(27(35)21-11-14-28(30,31)15-12-21)16-13-25(22)36-24-9-7-23(29)8-10-24/h2-10,21-22,25H,11-19H2,1H3/t22-,25-/m0/s1. The first-order valence-electron chi connectivity index (χ1n) is 12.6. The molecule has 1 saturated heterocycles. The average Bonchev–Trinajstić information content (AvgIpc) is 2.86. The number of carbonyl (C=O) groups is 2. The van der Waals surface area contributed by atoms with Crippen LogP contribution < -0.4 is 4.74 Å². The number of alkyl halides is 2. The molecule has 1 aliphatic carbocycles. The van der Waals surface area contributed by atoms with Crippen LogP contribution in [0.4, 0.5) is 13.2 Å². The molecule has 36 heavy (non-hydrogen) atoms. The first kappa shape index (κ1) is 26.0. The summed E-state index contributed by atoms with van der Waals surface area (Å²) in [6.45, 7) is 1.22. The van der Waals surface area contributed by atoms with Crippen molar-refractivity contribution in [1.82, 2.24) is 9.80 Å². The lowest BCUT2D eigenvalue weighted by atomic mass is 9.84. The van der Waals surface area contributed by atoms with Gasteiger partial charge in [-0.3, -0.25) is 9.59 Å². The Kier molecular flexibility index (Phi) is 8.21. The maximum atomic E-state index is 13.6. The number of ether oxygens (including phenoxy) is 1. The van der Waals surface area contributed by atoms with Gasteiger partial charge in [0.25, 0.3) is 0 Å². The van der Waals surface area contributed by atoms with Crippen molar-refractivity contribution in [3.63, 3.8) is 0 Å². The molecule has 5 nitrogen and oxygen atoms in total. The SMILES string of the molecule is CN(Cc1ccccc1)C(=O)C[C@H]1CN(C(=O)C2CCC(F)(F)CC2)CC[C@@H]1Oc1ccc(F)cc1. The molecule has 4 rings (SSSR count). The van der Waals surface area contributed by atoms with Gasteiger partial charge in [-0.1, -0.05) is 30.3 Å². The van der Waals surface area contributed by atoms with Gasteiger partial charge in [0.2, 0.25) is 17.7 Å². The van der Waals surface area contributed by atoms with Crippen molar-refractivity contribution >= 4 is 11.8 Å². The van der Waals surface area contributed by atoms with E-state index in [2.05, 4.69) is 0 Å². The fourth-order valence-electron chi connectivity index (χ4n) is 5.12. The normalized spacial score (nSPS) is 22.2. The highest BCUT2D eigenvalue weighted by Crippen LogP contribution is 2.37. The van der Waals surface area contributed by atoms with E-state index in [-0.39, 0.29) is 61.8 Å². The quantitative estimate of drug-likeness (QED) is 0.517. The molecule has 1 aliphatic heterocycles. The van der Waals surface area contributed by atoms with Gasteiger partial charge >= 0.3 is 0 Å². The van der Waals surface area contributed by atoms with Crippen LogP contribution in [0, 0.1) is 17.7 Å². The highest BCUT2D eigenvalue weighted by molar-refractivity contribution is 5.79. The molecule has 0 N–H and O–H groups in total. The Morgan fingerprint density at radius 1 is 1.03 bits per heavy atom. The van der Waals surface area contributed by atoms with E-state index in [1.165, 1.54) is 12.1 Å². The minimum Gasteiger partial charge on any atom is -0.490 e. The highest BCUT2D eigenvalue weighted by atomic mass is 19.3. The molecule has 2 aliphatic rings. The lowest BCUT2D eigenvalue weighted by Crippen LogP contribution is -2.51. The first-order chi connectivity index (χ1) is 17.2. The third-order valence-corrected chi connectivity index (χ3v) is 7.27. The fraction of sp³-hybridized carbons (Fsp3) is 0.500. The van der Waals surface area contributed by atoms with Crippen molar-refractivity contribution in [1.29, 1.82) is 0 Å². The second-order valence-electron chi connectivity index (χ2n) is 10.0. The van der Waals surface area contributed by atoms with Gasteiger partial charge in [-0.15, -0.1) is 0 Å². The second kappa shape index (κ2) is 11.4. The largest absolute Gasteiger partial charge is 0.490 e. The van der Waals surface area contributed by atoms with Crippen LogP contribution >= 0.6 is 0 Å². The summed E-state index contributed by atoms with van der Waals surface area (Å²) >= 11 is 0. The average molecular weight is 503 g/mol. The van der Waals surface area contributed by atoms with Crippen molar-refractivity contribution in [3.8, 4) is 5.75 Å². The molecule has 2 amide bonds. The first-order valence-corrected chi connectivity index (χ1v) is 12.6. The van der Waals surface area contributed by atoms with E-state index >= 15 is 0 Å². The van der Waals surface area contributed by atoms with Crippen molar-refractivity contribution in [2.45, 2.75) is 57.1 Å². The molecule has 0 spiro atoms. The monoisotopic (exact) mass is 502 g/mol. The third kappa shape index (κ3) is 6.80. The number of amides is 2. The van der Waals surface area contributed by atoms with E-state index in [9.17, 15) is 22.8 Å². The van der Waals surface area contributed by atoms with Gasteiger partial charge < -0.3 is 14.5 Å². The summed E-state index contributed by atoms with van der Waals surface area (Å²) in [6.07, 6.45) is 0.194. The summed E-state index contributed by atoms with van der Waals surface area (Å²) in [6, 6.07) is 15.4. The number of hydrogen-bond acceptors (Lipinski definition) is 3. The van der Waals surface area contributed by atoms with Crippen molar-refractivity contribution < 1.29 is 27.5 Å². The molecule has 0 bridgehead atoms. The molecule has 1 heterocycles. The number of carbonyl (C=O) groups excluding carboxylic acids is 2. The predicted molar refractivity (Wildman–Crippen MR) is 130 cm³/mol. The van der Waals surface area contributed by atoms with Crippen molar-refractivity contribution in [2.75, 3.05) is 20.1 Å². The number of hydrogen-bond donors (Lipinski definition) is 0. The number of rotatable bonds is 7. The lowest BCUT2D eigenvalue weighted by Gasteiger charge is -2.41. The Hall–Kier alpha value is -3.03. The summed E-state index contributed by atoms with van der Waals surface area (Å²) in [5.74, 6) is -3.41. The summed E-state index contributed by atoms with van der Waals surface area (Å²) in [5.41, 5.74) is 1.02. The van der Waals surface area contributed by atoms with E-state index in [0.29, 0.717) is 31.8 Å². The smallest absolute Gasteiger partial charge is 0.248 e. The summed E-state index contributed by atoms with van der Waals surface area (Å²) in [5, 5.41) is 0. The van der Waals surface area contributed by atoms with Crippen LogP contribution in [0.15, 0.2) is 54.6 Å². The van der Waals surface area contributed by atoms with E-state index in [1.807, 2.05) is 30.3 Å². The predicted octanol–water partition coefficient (Wildman–Crippen LogP) is 5.30. The maximum Gasteiger partial charge on any atom is 0.248 e. The lowest BCUT2D eigenvalue weighted by molar-refractivity contribution is -0.145. The van der Waals surface area contributed by atoms with E-state index < -0.39 is 11.8 Å². The highest BCUT2D eigenvalue weighted by Gasteiger charge is 2.41. The molecule has 2 aromatic rings. The molecule has 1 saturated carbocycles. The number of piperidine rings is 1. The van der Waals surface area contributed by atoms with Gasteiger partial charge in [-0.25, -0.2) is 13.2 Å². The third-order valence-electron chi connectivity index (χ3n) is 7.27. The number of nitrogens with zero attached hydrogens (tertiary/aromatic N) is 2. The fourth-order valence-corrected chi connectivity index (χ4v) is 5.12. The van der Waals surface area contributed by atoms with Gasteiger partial charge in [-0.2, -0.15) is 0 Å². The molecule has 0 unspecified atom stereocenters. The van der Waals surface area contributed by atoms with Crippen LogP contribution in [-0.2, 0) is 16.1 Å². The maximum absolute atomic E-state index is 13.6. The van der Waals surface area contributed by atoms with E-state index in [1.54, 1.807) is 29.0 Å². The Labute approximate surface area is 210 Å². The number of likely N-dealkylation sites (tertiary alicyclic amines) is 1. The Bertz CT molecular complexity index is 1020. The van der Waals surface area contributed by atoms with Gasteiger partial charge in [0, 0.05) is 64.2 Å². The Morgan fingerprint density at radius 3 is 2.36 bits per heavy atom.